The van der Waals surface area contributed by atoms with E-state index in [0.717, 1.165) is 11.8 Å². The summed E-state index contributed by atoms with van der Waals surface area (Å²) in [6, 6.07) is 0. The van der Waals surface area contributed by atoms with Gasteiger partial charge in [-0.25, -0.2) is 4.98 Å². The maximum atomic E-state index is 12.6. The van der Waals surface area contributed by atoms with E-state index < -0.39 is 12.1 Å². The number of piperidine rings is 1. The fourth-order valence-electron chi connectivity index (χ4n) is 1.96. The monoisotopic (exact) mass is 294 g/mol. The minimum Gasteiger partial charge on any atom is -0.341 e. The van der Waals surface area contributed by atoms with Crippen molar-refractivity contribution in [3.8, 4) is 0 Å². The lowest BCUT2D eigenvalue weighted by molar-refractivity contribution is -0.187. The van der Waals surface area contributed by atoms with E-state index in [-0.39, 0.29) is 24.6 Å². The molecular formula is C10H13F3N4OS. The molecule has 9 heteroatoms. The number of rotatable bonds is 3. The van der Waals surface area contributed by atoms with Crippen LogP contribution < -0.4 is 0 Å². The number of alkyl halides is 3. The van der Waals surface area contributed by atoms with Gasteiger partial charge in [-0.15, -0.1) is 0 Å². The highest BCUT2D eigenvalue weighted by Gasteiger charge is 2.42. The molecule has 1 aliphatic rings. The second-order valence-electron chi connectivity index (χ2n) is 4.30. The Morgan fingerprint density at radius 1 is 1.58 bits per heavy atom. The van der Waals surface area contributed by atoms with Crippen molar-refractivity contribution in [2.24, 2.45) is 5.92 Å². The number of hydrogen-bond acceptors (Lipinski definition) is 4. The zero-order valence-corrected chi connectivity index (χ0v) is 10.8. The maximum Gasteiger partial charge on any atom is 0.393 e. The molecule has 0 radical (unpaired) electrons. The Balaban J connectivity index is 1.85. The average Bonchev–Trinajstić information content (AvgIpc) is 2.88. The van der Waals surface area contributed by atoms with Crippen LogP contribution in [0.15, 0.2) is 11.5 Å². The van der Waals surface area contributed by atoms with Crippen molar-refractivity contribution in [3.63, 3.8) is 0 Å². The quantitative estimate of drug-likeness (QED) is 0.862. The summed E-state index contributed by atoms with van der Waals surface area (Å²) in [7, 11) is 0. The lowest BCUT2D eigenvalue weighted by Gasteiger charge is -2.33. The number of aromatic nitrogens is 3. The molecule has 0 spiro atoms. The van der Waals surface area contributed by atoms with Gasteiger partial charge in [0.25, 0.3) is 0 Å². The molecule has 0 aliphatic carbocycles. The molecule has 19 heavy (non-hydrogen) atoms. The minimum absolute atomic E-state index is 0.0692. The average molecular weight is 294 g/mol. The molecule has 0 bridgehead atoms. The van der Waals surface area contributed by atoms with Crippen LogP contribution in [0.4, 0.5) is 13.2 Å². The number of nitrogens with one attached hydrogen (secondary N) is 1. The molecule has 1 amide bonds. The lowest BCUT2D eigenvalue weighted by Crippen LogP contribution is -2.45. The van der Waals surface area contributed by atoms with Crippen molar-refractivity contribution in [2.75, 3.05) is 18.8 Å². The smallest absolute Gasteiger partial charge is 0.341 e. The fraction of sp³-hybridized carbons (Fsp3) is 0.700. The van der Waals surface area contributed by atoms with Gasteiger partial charge in [0.15, 0.2) is 5.16 Å². The Hall–Kier alpha value is -1.25. The fourth-order valence-corrected chi connectivity index (χ4v) is 2.64. The summed E-state index contributed by atoms with van der Waals surface area (Å²) in [6.45, 7) is 0.154. The maximum absolute atomic E-state index is 12.6. The van der Waals surface area contributed by atoms with E-state index in [2.05, 4.69) is 15.2 Å². The number of H-pyrrole nitrogens is 1. The number of carbonyl (C=O) groups is 1. The van der Waals surface area contributed by atoms with Crippen LogP contribution in [0.3, 0.4) is 0 Å². The highest BCUT2D eigenvalue weighted by atomic mass is 32.2. The van der Waals surface area contributed by atoms with Crippen LogP contribution >= 0.6 is 11.8 Å². The predicted molar refractivity (Wildman–Crippen MR) is 62.5 cm³/mol. The number of halogens is 3. The molecule has 2 heterocycles. The van der Waals surface area contributed by atoms with Crippen molar-refractivity contribution in [3.05, 3.63) is 6.33 Å². The summed E-state index contributed by atoms with van der Waals surface area (Å²) in [5.74, 6) is -1.63. The number of amides is 1. The minimum atomic E-state index is -4.23. The predicted octanol–water partition coefficient (Wildman–Crippen LogP) is 1.70. The topological polar surface area (TPSA) is 61.9 Å². The molecule has 0 saturated carbocycles. The van der Waals surface area contributed by atoms with E-state index in [1.54, 1.807) is 0 Å². The summed E-state index contributed by atoms with van der Waals surface area (Å²) in [4.78, 5) is 17.0. The summed E-state index contributed by atoms with van der Waals surface area (Å²) in [5, 5.41) is 6.69. The van der Waals surface area contributed by atoms with E-state index >= 15 is 0 Å². The van der Waals surface area contributed by atoms with Gasteiger partial charge >= 0.3 is 6.18 Å². The molecule has 106 valence electrons. The molecule has 1 atom stereocenters. The number of nitrogens with zero attached hydrogens (tertiary/aromatic N) is 3. The SMILES string of the molecule is O=C(CSc1ncn[nH]1)N1CCC[C@@H](C(F)(F)F)C1. The van der Waals surface area contributed by atoms with Crippen molar-refractivity contribution in [2.45, 2.75) is 24.2 Å². The molecule has 1 N–H and O–H groups in total. The zero-order chi connectivity index (χ0) is 13.9. The first kappa shape index (κ1) is 14.2. The first-order valence-electron chi connectivity index (χ1n) is 5.79. The van der Waals surface area contributed by atoms with Gasteiger partial charge in [0.1, 0.15) is 6.33 Å². The van der Waals surface area contributed by atoms with E-state index in [9.17, 15) is 18.0 Å². The molecule has 5 nitrogen and oxygen atoms in total. The summed E-state index contributed by atoms with van der Waals surface area (Å²) < 4.78 is 37.9. The number of likely N-dealkylation sites (tertiary alicyclic amines) is 1. The van der Waals surface area contributed by atoms with Gasteiger partial charge in [-0.2, -0.15) is 18.3 Å². The molecule has 1 saturated heterocycles. The summed E-state index contributed by atoms with van der Waals surface area (Å²) in [6.07, 6.45) is -2.42. The summed E-state index contributed by atoms with van der Waals surface area (Å²) in [5.41, 5.74) is 0. The van der Waals surface area contributed by atoms with Crippen LogP contribution in [0, 0.1) is 5.92 Å². The molecule has 1 aromatic rings. The van der Waals surface area contributed by atoms with E-state index in [4.69, 9.17) is 0 Å². The number of hydrogen-bond donors (Lipinski definition) is 1. The standard InChI is InChI=1S/C10H13F3N4OS/c11-10(12,13)7-2-1-3-17(4-7)8(18)5-19-9-14-6-15-16-9/h6-7H,1-5H2,(H,14,15,16)/t7-/m1/s1. The van der Waals surface area contributed by atoms with Gasteiger partial charge in [-0.1, -0.05) is 11.8 Å². The molecule has 0 aromatic carbocycles. The largest absolute Gasteiger partial charge is 0.393 e. The third kappa shape index (κ3) is 3.85. The first-order chi connectivity index (χ1) is 8.97. The molecule has 2 rings (SSSR count). The van der Waals surface area contributed by atoms with Crippen molar-refractivity contribution >= 4 is 17.7 Å². The van der Waals surface area contributed by atoms with Gasteiger partial charge < -0.3 is 4.90 Å². The normalized spacial score (nSPS) is 20.6. The lowest BCUT2D eigenvalue weighted by atomic mass is 9.97. The van der Waals surface area contributed by atoms with Crippen molar-refractivity contribution in [1.82, 2.24) is 20.1 Å². The van der Waals surface area contributed by atoms with Gasteiger partial charge in [0, 0.05) is 13.1 Å². The Labute approximate surface area is 112 Å². The third-order valence-electron chi connectivity index (χ3n) is 2.96. The van der Waals surface area contributed by atoms with Crippen molar-refractivity contribution in [1.29, 1.82) is 0 Å². The van der Waals surface area contributed by atoms with Gasteiger partial charge in [-0.3, -0.25) is 9.89 Å². The van der Waals surface area contributed by atoms with E-state index in [0.29, 0.717) is 18.1 Å². The van der Waals surface area contributed by atoms with Crippen LogP contribution in [0.1, 0.15) is 12.8 Å². The highest BCUT2D eigenvalue weighted by Crippen LogP contribution is 2.33. The second-order valence-corrected chi connectivity index (χ2v) is 5.26. The highest BCUT2D eigenvalue weighted by molar-refractivity contribution is 7.99. The Morgan fingerprint density at radius 3 is 3.00 bits per heavy atom. The molecule has 1 aromatic heterocycles. The van der Waals surface area contributed by atoms with Crippen LogP contribution in [-0.4, -0.2) is 51.0 Å². The third-order valence-corrected chi connectivity index (χ3v) is 3.82. The molecular weight excluding hydrogens is 281 g/mol. The van der Waals surface area contributed by atoms with Gasteiger partial charge in [0.05, 0.1) is 11.7 Å². The van der Waals surface area contributed by atoms with Crippen LogP contribution in [0.25, 0.3) is 0 Å². The molecule has 1 fully saturated rings. The first-order valence-corrected chi connectivity index (χ1v) is 6.78. The number of thioether (sulfide) groups is 1. The number of aromatic amines is 1. The second kappa shape index (κ2) is 5.81. The van der Waals surface area contributed by atoms with Crippen molar-refractivity contribution < 1.29 is 18.0 Å². The Bertz CT molecular complexity index is 423. The van der Waals surface area contributed by atoms with Crippen LogP contribution in [-0.2, 0) is 4.79 Å². The zero-order valence-electron chi connectivity index (χ0n) is 9.98. The molecule has 0 unspecified atom stereocenters. The molecule has 1 aliphatic heterocycles. The van der Waals surface area contributed by atoms with Crippen LogP contribution in [0.5, 0.6) is 0 Å². The number of carbonyl (C=O) groups excluding carboxylic acids is 1. The van der Waals surface area contributed by atoms with Crippen LogP contribution in [0.2, 0.25) is 0 Å². The summed E-state index contributed by atoms with van der Waals surface area (Å²) >= 11 is 1.14. The van der Waals surface area contributed by atoms with E-state index in [1.807, 2.05) is 0 Å². The Kier molecular flexibility index (Phi) is 4.33. The van der Waals surface area contributed by atoms with Gasteiger partial charge in [-0.05, 0) is 12.8 Å². The Morgan fingerprint density at radius 2 is 2.37 bits per heavy atom. The van der Waals surface area contributed by atoms with Gasteiger partial charge in [0.2, 0.25) is 5.91 Å². The van der Waals surface area contributed by atoms with E-state index in [1.165, 1.54) is 11.2 Å².